The molecule has 1 aromatic carbocycles. The minimum Gasteiger partial charge on any atom is -0.496 e. The number of benzene rings is 1. The molecule has 0 aliphatic carbocycles. The largest absolute Gasteiger partial charge is 0.496 e. The number of rotatable bonds is 6. The molecule has 1 heterocycles. The molecule has 0 saturated heterocycles. The fraction of sp³-hybridized carbons (Fsp3) is 0.312. The van der Waals surface area contributed by atoms with Gasteiger partial charge in [-0.3, -0.25) is 4.98 Å². The van der Waals surface area contributed by atoms with Crippen molar-refractivity contribution in [1.82, 2.24) is 10.3 Å². The molecule has 21 heavy (non-hydrogen) atoms. The highest BCUT2D eigenvalue weighted by atomic mass is 19.1. The van der Waals surface area contributed by atoms with Crippen molar-refractivity contribution in [3.8, 4) is 5.75 Å². The van der Waals surface area contributed by atoms with E-state index in [1.807, 2.05) is 6.92 Å². The SMILES string of the molecule is CCCNC(c1ccncc1F)c1c(F)cccc1OC. The number of nitrogens with zero attached hydrogens (tertiary/aromatic N) is 1. The van der Waals surface area contributed by atoms with Crippen molar-refractivity contribution in [3.63, 3.8) is 0 Å². The summed E-state index contributed by atoms with van der Waals surface area (Å²) >= 11 is 0. The van der Waals surface area contributed by atoms with Gasteiger partial charge in [0.15, 0.2) is 0 Å². The molecule has 1 aromatic heterocycles. The molecule has 0 radical (unpaired) electrons. The molecule has 112 valence electrons. The maximum atomic E-state index is 14.3. The van der Waals surface area contributed by atoms with Crippen molar-refractivity contribution in [1.29, 1.82) is 0 Å². The molecular formula is C16H18F2N2O. The Labute approximate surface area is 123 Å². The van der Waals surface area contributed by atoms with Gasteiger partial charge in [0.2, 0.25) is 0 Å². The fourth-order valence-electron chi connectivity index (χ4n) is 2.25. The molecule has 1 N–H and O–H groups in total. The van der Waals surface area contributed by atoms with E-state index in [-0.39, 0.29) is 0 Å². The summed E-state index contributed by atoms with van der Waals surface area (Å²) in [6.07, 6.45) is 3.47. The molecular weight excluding hydrogens is 274 g/mol. The van der Waals surface area contributed by atoms with Gasteiger partial charge in [0.1, 0.15) is 17.4 Å². The fourth-order valence-corrected chi connectivity index (χ4v) is 2.25. The normalized spacial score (nSPS) is 12.2. The Morgan fingerprint density at radius 1 is 1.24 bits per heavy atom. The number of methoxy groups -OCH3 is 1. The van der Waals surface area contributed by atoms with E-state index in [9.17, 15) is 8.78 Å². The lowest BCUT2D eigenvalue weighted by Gasteiger charge is -2.22. The quantitative estimate of drug-likeness (QED) is 0.885. The van der Waals surface area contributed by atoms with Crippen LogP contribution in [0.4, 0.5) is 8.78 Å². The summed E-state index contributed by atoms with van der Waals surface area (Å²) in [4.78, 5) is 3.74. The van der Waals surface area contributed by atoms with E-state index in [1.54, 1.807) is 18.2 Å². The van der Waals surface area contributed by atoms with Crippen molar-refractivity contribution in [2.24, 2.45) is 0 Å². The molecule has 0 amide bonds. The molecule has 1 atom stereocenters. The van der Waals surface area contributed by atoms with Gasteiger partial charge < -0.3 is 10.1 Å². The Hall–Kier alpha value is -2.01. The minimum absolute atomic E-state index is 0.304. The topological polar surface area (TPSA) is 34.2 Å². The Morgan fingerprint density at radius 3 is 2.71 bits per heavy atom. The Balaban J connectivity index is 2.53. The van der Waals surface area contributed by atoms with Gasteiger partial charge in [-0.15, -0.1) is 0 Å². The minimum atomic E-state index is -0.621. The lowest BCUT2D eigenvalue weighted by molar-refractivity contribution is 0.395. The van der Waals surface area contributed by atoms with Crippen LogP contribution in [0.1, 0.15) is 30.5 Å². The molecule has 0 spiro atoms. The lowest BCUT2D eigenvalue weighted by atomic mass is 9.97. The van der Waals surface area contributed by atoms with Gasteiger partial charge in [-0.05, 0) is 31.2 Å². The van der Waals surface area contributed by atoms with Gasteiger partial charge in [-0.2, -0.15) is 0 Å². The molecule has 0 aliphatic rings. The number of nitrogens with one attached hydrogen (secondary N) is 1. The van der Waals surface area contributed by atoms with Gasteiger partial charge >= 0.3 is 0 Å². The van der Waals surface area contributed by atoms with Crippen molar-refractivity contribution in [2.45, 2.75) is 19.4 Å². The third-order valence-electron chi connectivity index (χ3n) is 3.23. The molecule has 5 heteroatoms. The lowest BCUT2D eigenvalue weighted by Crippen LogP contribution is -2.25. The van der Waals surface area contributed by atoms with Crippen LogP contribution in [0.15, 0.2) is 36.7 Å². The van der Waals surface area contributed by atoms with Crippen LogP contribution >= 0.6 is 0 Å². The van der Waals surface area contributed by atoms with Crippen LogP contribution in [-0.4, -0.2) is 18.6 Å². The number of hydrogen-bond acceptors (Lipinski definition) is 3. The standard InChI is InChI=1S/C16H18F2N2O/c1-3-8-20-16(11-7-9-19-10-13(11)18)15-12(17)5-4-6-14(15)21-2/h4-7,9-10,16,20H,3,8H2,1-2H3. The van der Waals surface area contributed by atoms with Crippen LogP contribution < -0.4 is 10.1 Å². The Bertz CT molecular complexity index is 605. The zero-order valence-corrected chi connectivity index (χ0v) is 12.1. The van der Waals surface area contributed by atoms with Crippen molar-refractivity contribution in [2.75, 3.05) is 13.7 Å². The zero-order valence-electron chi connectivity index (χ0n) is 12.1. The van der Waals surface area contributed by atoms with Crippen molar-refractivity contribution in [3.05, 3.63) is 59.4 Å². The number of ether oxygens (including phenoxy) is 1. The van der Waals surface area contributed by atoms with Crippen LogP contribution in [0.3, 0.4) is 0 Å². The summed E-state index contributed by atoms with van der Waals surface area (Å²) in [5.41, 5.74) is 0.653. The van der Waals surface area contributed by atoms with E-state index < -0.39 is 17.7 Å². The Kier molecular flexibility index (Phi) is 5.22. The average molecular weight is 292 g/mol. The van der Waals surface area contributed by atoms with Gasteiger partial charge in [0.25, 0.3) is 0 Å². The molecule has 0 bridgehead atoms. The number of halogens is 2. The van der Waals surface area contributed by atoms with Crippen molar-refractivity contribution < 1.29 is 13.5 Å². The first-order valence-corrected chi connectivity index (χ1v) is 6.84. The van der Waals surface area contributed by atoms with E-state index >= 15 is 0 Å². The van der Waals surface area contributed by atoms with E-state index in [0.717, 1.165) is 12.6 Å². The summed E-state index contributed by atoms with van der Waals surface area (Å²) in [5, 5.41) is 3.17. The van der Waals surface area contributed by atoms with Gasteiger partial charge in [0.05, 0.1) is 24.9 Å². The van der Waals surface area contributed by atoms with Crippen LogP contribution in [0.25, 0.3) is 0 Å². The first-order chi connectivity index (χ1) is 10.2. The van der Waals surface area contributed by atoms with Gasteiger partial charge in [-0.1, -0.05) is 13.0 Å². The number of aromatic nitrogens is 1. The first kappa shape index (κ1) is 15.4. The summed E-state index contributed by atoms with van der Waals surface area (Å²) in [6, 6.07) is 5.51. The first-order valence-electron chi connectivity index (χ1n) is 6.84. The van der Waals surface area contributed by atoms with E-state index in [0.29, 0.717) is 23.4 Å². The predicted molar refractivity (Wildman–Crippen MR) is 77.3 cm³/mol. The molecule has 0 fully saturated rings. The van der Waals surface area contributed by atoms with Gasteiger partial charge in [0, 0.05) is 11.8 Å². The highest BCUT2D eigenvalue weighted by Crippen LogP contribution is 2.33. The van der Waals surface area contributed by atoms with Crippen LogP contribution in [0.5, 0.6) is 5.75 Å². The molecule has 2 aromatic rings. The maximum Gasteiger partial charge on any atom is 0.146 e. The second kappa shape index (κ2) is 7.13. The van der Waals surface area contributed by atoms with Crippen LogP contribution in [0, 0.1) is 11.6 Å². The molecule has 0 aliphatic heterocycles. The van der Waals surface area contributed by atoms with E-state index in [1.165, 1.54) is 19.4 Å². The summed E-state index contributed by atoms with van der Waals surface area (Å²) < 4.78 is 33.6. The second-order valence-corrected chi connectivity index (χ2v) is 4.64. The molecule has 0 saturated carbocycles. The Morgan fingerprint density at radius 2 is 2.05 bits per heavy atom. The van der Waals surface area contributed by atoms with E-state index in [2.05, 4.69) is 10.3 Å². The van der Waals surface area contributed by atoms with Crippen molar-refractivity contribution >= 4 is 0 Å². The van der Waals surface area contributed by atoms with E-state index in [4.69, 9.17) is 4.74 Å². The third kappa shape index (κ3) is 3.36. The third-order valence-corrected chi connectivity index (χ3v) is 3.23. The maximum absolute atomic E-state index is 14.3. The van der Waals surface area contributed by atoms with Crippen LogP contribution in [-0.2, 0) is 0 Å². The summed E-state index contributed by atoms with van der Waals surface area (Å²) in [7, 11) is 1.47. The van der Waals surface area contributed by atoms with Gasteiger partial charge in [-0.25, -0.2) is 8.78 Å². The van der Waals surface area contributed by atoms with Crippen LogP contribution in [0.2, 0.25) is 0 Å². The summed E-state index contributed by atoms with van der Waals surface area (Å²) in [6.45, 7) is 2.62. The highest BCUT2D eigenvalue weighted by molar-refractivity contribution is 5.42. The average Bonchev–Trinajstić information content (AvgIpc) is 2.50. The molecule has 2 rings (SSSR count). The zero-order chi connectivity index (χ0) is 15.2. The number of hydrogen-bond donors (Lipinski definition) is 1. The predicted octanol–water partition coefficient (Wildman–Crippen LogP) is 3.46. The molecule has 3 nitrogen and oxygen atoms in total. The highest BCUT2D eigenvalue weighted by Gasteiger charge is 2.24. The second-order valence-electron chi connectivity index (χ2n) is 4.64. The monoisotopic (exact) mass is 292 g/mol. The number of pyridine rings is 1. The summed E-state index contributed by atoms with van der Waals surface area (Å²) in [5.74, 6) is -0.518. The smallest absolute Gasteiger partial charge is 0.146 e. The molecule has 1 unspecified atom stereocenters.